The number of thiazole rings is 1. The molecular weight excluding hydrogens is 410 g/mol. The summed E-state index contributed by atoms with van der Waals surface area (Å²) in [5.41, 5.74) is 1.02. The molecule has 1 aromatic carbocycles. The van der Waals surface area contributed by atoms with Crippen LogP contribution < -0.4 is 9.46 Å². The molecule has 7 nitrogen and oxygen atoms in total. The quantitative estimate of drug-likeness (QED) is 0.720. The molecule has 1 amide bonds. The zero-order chi connectivity index (χ0) is 21.1. The van der Waals surface area contributed by atoms with Gasteiger partial charge in [0.05, 0.1) is 11.4 Å². The van der Waals surface area contributed by atoms with Gasteiger partial charge in [0.15, 0.2) is 0 Å². The molecule has 1 N–H and O–H groups in total. The van der Waals surface area contributed by atoms with Crippen LogP contribution in [0.2, 0.25) is 0 Å². The summed E-state index contributed by atoms with van der Waals surface area (Å²) in [7, 11) is -3.64. The van der Waals surface area contributed by atoms with E-state index < -0.39 is 10.0 Å². The van der Waals surface area contributed by atoms with E-state index in [-0.39, 0.29) is 35.3 Å². The fourth-order valence-corrected chi connectivity index (χ4v) is 4.71. The van der Waals surface area contributed by atoms with Gasteiger partial charge in [-0.3, -0.25) is 4.79 Å². The van der Waals surface area contributed by atoms with Crippen molar-refractivity contribution >= 4 is 27.3 Å². The Labute approximate surface area is 176 Å². The van der Waals surface area contributed by atoms with E-state index in [2.05, 4.69) is 30.5 Å². The first-order chi connectivity index (χ1) is 13.6. The Morgan fingerprint density at radius 1 is 1.31 bits per heavy atom. The van der Waals surface area contributed by atoms with Gasteiger partial charge in [0.1, 0.15) is 6.10 Å². The summed E-state index contributed by atoms with van der Waals surface area (Å²) in [5, 5.41) is 2.45. The van der Waals surface area contributed by atoms with Crippen LogP contribution in [0.25, 0.3) is 0 Å². The number of ether oxygens (including phenoxy) is 1. The minimum Gasteiger partial charge on any atom is -0.465 e. The maximum atomic E-state index is 12.5. The molecule has 1 saturated heterocycles. The SMILES string of the molecule is CC(C)(C)c1ccc(S(=O)(=O)NCCC(=O)N2CCC(Oc3nccs3)C2)cc1. The highest BCUT2D eigenvalue weighted by atomic mass is 32.2. The van der Waals surface area contributed by atoms with Crippen molar-refractivity contribution in [1.82, 2.24) is 14.6 Å². The van der Waals surface area contributed by atoms with Crippen molar-refractivity contribution in [2.45, 2.75) is 50.0 Å². The number of rotatable bonds is 7. The van der Waals surface area contributed by atoms with Gasteiger partial charge in [0, 0.05) is 37.5 Å². The molecule has 2 heterocycles. The lowest BCUT2D eigenvalue weighted by atomic mass is 9.87. The molecule has 29 heavy (non-hydrogen) atoms. The Hall–Kier alpha value is -1.97. The lowest BCUT2D eigenvalue weighted by molar-refractivity contribution is -0.130. The van der Waals surface area contributed by atoms with Crippen LogP contribution in [0, 0.1) is 0 Å². The van der Waals surface area contributed by atoms with E-state index in [0.717, 1.165) is 12.0 Å². The van der Waals surface area contributed by atoms with Crippen LogP contribution in [0.3, 0.4) is 0 Å². The predicted octanol–water partition coefficient (Wildman–Crippen LogP) is 2.79. The third kappa shape index (κ3) is 5.77. The second-order valence-corrected chi connectivity index (χ2v) is 10.7. The number of amides is 1. The summed E-state index contributed by atoms with van der Waals surface area (Å²) in [5.74, 6) is -0.0824. The molecular formula is C20H27N3O4S2. The zero-order valence-electron chi connectivity index (χ0n) is 16.9. The van der Waals surface area contributed by atoms with Gasteiger partial charge in [0.25, 0.3) is 5.19 Å². The van der Waals surface area contributed by atoms with Crippen LogP contribution >= 0.6 is 11.3 Å². The summed E-state index contributed by atoms with van der Waals surface area (Å²) < 4.78 is 33.2. The molecule has 158 valence electrons. The molecule has 2 aromatic rings. The summed E-state index contributed by atoms with van der Waals surface area (Å²) in [4.78, 5) is 18.4. The largest absolute Gasteiger partial charge is 0.465 e. The Bertz CT molecular complexity index is 920. The standard InChI is InChI=1S/C20H27N3O4S2/c1-20(2,3)15-4-6-17(7-5-15)29(25,26)22-10-8-18(24)23-12-9-16(14-23)27-19-21-11-13-28-19/h4-7,11,13,16,22H,8-10,12,14H2,1-3H3. The Morgan fingerprint density at radius 3 is 2.66 bits per heavy atom. The number of benzene rings is 1. The van der Waals surface area contributed by atoms with E-state index >= 15 is 0 Å². The molecule has 1 aliphatic rings. The summed E-state index contributed by atoms with van der Waals surface area (Å²) in [6, 6.07) is 6.86. The van der Waals surface area contributed by atoms with Crippen LogP contribution in [0.4, 0.5) is 0 Å². The van der Waals surface area contributed by atoms with Crippen molar-refractivity contribution in [3.63, 3.8) is 0 Å². The van der Waals surface area contributed by atoms with Gasteiger partial charge in [-0.15, -0.1) is 0 Å². The number of hydrogen-bond donors (Lipinski definition) is 1. The summed E-state index contributed by atoms with van der Waals surface area (Å²) in [6.07, 6.45) is 2.48. The fraction of sp³-hybridized carbons (Fsp3) is 0.500. The van der Waals surface area contributed by atoms with Crippen LogP contribution in [0.1, 0.15) is 39.2 Å². The molecule has 0 bridgehead atoms. The number of likely N-dealkylation sites (tertiary alicyclic amines) is 1. The van der Waals surface area contributed by atoms with Crippen molar-refractivity contribution in [3.05, 3.63) is 41.4 Å². The average molecular weight is 438 g/mol. The van der Waals surface area contributed by atoms with E-state index in [4.69, 9.17) is 4.74 Å². The van der Waals surface area contributed by atoms with E-state index in [1.807, 2.05) is 17.5 Å². The second kappa shape index (κ2) is 8.81. The molecule has 0 spiro atoms. The number of carbonyl (C=O) groups excluding carboxylic acids is 1. The van der Waals surface area contributed by atoms with Gasteiger partial charge in [-0.1, -0.05) is 44.2 Å². The van der Waals surface area contributed by atoms with E-state index in [0.29, 0.717) is 18.3 Å². The second-order valence-electron chi connectivity index (χ2n) is 8.09. The number of nitrogens with zero attached hydrogens (tertiary/aromatic N) is 2. The number of aromatic nitrogens is 1. The van der Waals surface area contributed by atoms with E-state index in [1.54, 1.807) is 23.2 Å². The van der Waals surface area contributed by atoms with Crippen LogP contribution in [0.5, 0.6) is 5.19 Å². The molecule has 0 radical (unpaired) electrons. The smallest absolute Gasteiger partial charge is 0.273 e. The third-order valence-electron chi connectivity index (χ3n) is 4.84. The number of hydrogen-bond acceptors (Lipinski definition) is 6. The van der Waals surface area contributed by atoms with E-state index in [1.165, 1.54) is 11.3 Å². The monoisotopic (exact) mass is 437 g/mol. The maximum Gasteiger partial charge on any atom is 0.273 e. The van der Waals surface area contributed by atoms with Crippen molar-refractivity contribution < 1.29 is 17.9 Å². The topological polar surface area (TPSA) is 88.6 Å². The first kappa shape index (κ1) is 21.7. The lowest BCUT2D eigenvalue weighted by Gasteiger charge is -2.19. The summed E-state index contributed by atoms with van der Waals surface area (Å²) >= 11 is 1.42. The number of carbonyl (C=O) groups is 1. The zero-order valence-corrected chi connectivity index (χ0v) is 18.6. The van der Waals surface area contributed by atoms with Gasteiger partial charge in [0.2, 0.25) is 15.9 Å². The van der Waals surface area contributed by atoms with Gasteiger partial charge in [-0.25, -0.2) is 18.1 Å². The van der Waals surface area contributed by atoms with Gasteiger partial charge >= 0.3 is 0 Å². The maximum absolute atomic E-state index is 12.5. The highest BCUT2D eigenvalue weighted by molar-refractivity contribution is 7.89. The van der Waals surface area contributed by atoms with Gasteiger partial charge in [-0.2, -0.15) is 0 Å². The molecule has 1 fully saturated rings. The minimum atomic E-state index is -3.64. The van der Waals surface area contributed by atoms with Crippen LogP contribution in [-0.2, 0) is 20.2 Å². The van der Waals surface area contributed by atoms with E-state index in [9.17, 15) is 13.2 Å². The fourth-order valence-electron chi connectivity index (χ4n) is 3.13. The highest BCUT2D eigenvalue weighted by Gasteiger charge is 2.28. The Morgan fingerprint density at radius 2 is 2.03 bits per heavy atom. The Kier molecular flexibility index (Phi) is 6.60. The minimum absolute atomic E-state index is 0.0427. The molecule has 3 rings (SSSR count). The highest BCUT2D eigenvalue weighted by Crippen LogP contribution is 2.23. The van der Waals surface area contributed by atoms with Crippen molar-refractivity contribution in [1.29, 1.82) is 0 Å². The average Bonchev–Trinajstić information content (AvgIpc) is 3.33. The normalized spacial score (nSPS) is 17.5. The molecule has 0 saturated carbocycles. The molecule has 1 aliphatic heterocycles. The van der Waals surface area contributed by atoms with Gasteiger partial charge in [-0.05, 0) is 23.1 Å². The van der Waals surface area contributed by atoms with Crippen LogP contribution in [-0.4, -0.2) is 49.9 Å². The lowest BCUT2D eigenvalue weighted by Crippen LogP contribution is -2.34. The predicted molar refractivity (Wildman–Crippen MR) is 113 cm³/mol. The number of sulfonamides is 1. The molecule has 1 unspecified atom stereocenters. The first-order valence-corrected chi connectivity index (χ1v) is 12.0. The summed E-state index contributed by atoms with van der Waals surface area (Å²) in [6.45, 7) is 7.40. The Balaban J connectivity index is 1.47. The van der Waals surface area contributed by atoms with Gasteiger partial charge < -0.3 is 9.64 Å². The van der Waals surface area contributed by atoms with Crippen molar-refractivity contribution in [2.24, 2.45) is 0 Å². The van der Waals surface area contributed by atoms with Crippen molar-refractivity contribution in [2.75, 3.05) is 19.6 Å². The molecule has 1 aromatic heterocycles. The number of nitrogens with one attached hydrogen (secondary N) is 1. The first-order valence-electron chi connectivity index (χ1n) is 9.59. The van der Waals surface area contributed by atoms with Crippen LogP contribution in [0.15, 0.2) is 40.7 Å². The van der Waals surface area contributed by atoms with Crippen molar-refractivity contribution in [3.8, 4) is 5.19 Å². The molecule has 0 aliphatic carbocycles. The molecule has 9 heteroatoms. The molecule has 1 atom stereocenters. The third-order valence-corrected chi connectivity index (χ3v) is 6.97.